The van der Waals surface area contributed by atoms with E-state index >= 15 is 0 Å². The Morgan fingerprint density at radius 3 is 1.68 bits per heavy atom. The van der Waals surface area contributed by atoms with Crippen LogP contribution in [0.5, 0.6) is 0 Å². The standard InChI is InChI=1S/C20H21F3O2/c1-19(2,3)17(15-12-8-5-9-13-15)25-18(24)16(20(21,22)23)14-10-6-4-7-11-14/h4-13,16-17H,1-3H3. The van der Waals surface area contributed by atoms with Gasteiger partial charge in [-0.3, -0.25) is 4.79 Å². The second-order valence-electron chi connectivity index (χ2n) is 6.98. The van der Waals surface area contributed by atoms with E-state index in [9.17, 15) is 18.0 Å². The molecule has 0 radical (unpaired) electrons. The summed E-state index contributed by atoms with van der Waals surface area (Å²) >= 11 is 0. The minimum atomic E-state index is -4.72. The molecule has 0 aliphatic carbocycles. The highest BCUT2D eigenvalue weighted by Crippen LogP contribution is 2.41. The van der Waals surface area contributed by atoms with Crippen molar-refractivity contribution >= 4 is 5.97 Å². The highest BCUT2D eigenvalue weighted by molar-refractivity contribution is 5.79. The third-order valence-electron chi connectivity index (χ3n) is 3.82. The number of hydrogen-bond donors (Lipinski definition) is 0. The van der Waals surface area contributed by atoms with Crippen LogP contribution in [0.4, 0.5) is 13.2 Å². The fraction of sp³-hybridized carbons (Fsp3) is 0.350. The molecule has 2 unspecified atom stereocenters. The molecule has 0 N–H and O–H groups in total. The van der Waals surface area contributed by atoms with Crippen LogP contribution in [0, 0.1) is 5.41 Å². The number of rotatable bonds is 4. The molecular weight excluding hydrogens is 329 g/mol. The van der Waals surface area contributed by atoms with Crippen molar-refractivity contribution in [2.24, 2.45) is 5.41 Å². The van der Waals surface area contributed by atoms with E-state index in [1.54, 1.807) is 36.4 Å². The Morgan fingerprint density at radius 1 is 0.840 bits per heavy atom. The average Bonchev–Trinajstić information content (AvgIpc) is 2.52. The maximum absolute atomic E-state index is 13.5. The minimum Gasteiger partial charge on any atom is -0.456 e. The van der Waals surface area contributed by atoms with Gasteiger partial charge in [-0.15, -0.1) is 0 Å². The van der Waals surface area contributed by atoms with Crippen LogP contribution in [0.3, 0.4) is 0 Å². The Hall–Kier alpha value is -2.30. The van der Waals surface area contributed by atoms with E-state index < -0.39 is 29.6 Å². The first-order valence-corrected chi connectivity index (χ1v) is 7.98. The van der Waals surface area contributed by atoms with Crippen LogP contribution in [0.2, 0.25) is 0 Å². The van der Waals surface area contributed by atoms with Crippen molar-refractivity contribution in [2.75, 3.05) is 0 Å². The summed E-state index contributed by atoms with van der Waals surface area (Å²) in [5, 5.41) is 0. The Kier molecular flexibility index (Phi) is 5.55. The lowest BCUT2D eigenvalue weighted by Gasteiger charge is -2.32. The summed E-state index contributed by atoms with van der Waals surface area (Å²) in [6.45, 7) is 5.47. The molecule has 0 amide bonds. The first kappa shape index (κ1) is 19.0. The Bertz CT molecular complexity index is 688. The van der Waals surface area contributed by atoms with Gasteiger partial charge in [0.05, 0.1) is 0 Å². The van der Waals surface area contributed by atoms with Crippen LogP contribution < -0.4 is 0 Å². The molecule has 0 fully saturated rings. The molecule has 0 aromatic heterocycles. The van der Waals surface area contributed by atoms with Crippen molar-refractivity contribution in [2.45, 2.75) is 39.0 Å². The number of hydrogen-bond acceptors (Lipinski definition) is 2. The number of carbonyl (C=O) groups excluding carboxylic acids is 1. The van der Waals surface area contributed by atoms with Crippen LogP contribution in [-0.2, 0) is 9.53 Å². The Labute approximate surface area is 145 Å². The van der Waals surface area contributed by atoms with Crippen LogP contribution in [0.25, 0.3) is 0 Å². The van der Waals surface area contributed by atoms with Gasteiger partial charge < -0.3 is 4.74 Å². The largest absolute Gasteiger partial charge is 0.456 e. The molecule has 2 nitrogen and oxygen atoms in total. The zero-order valence-electron chi connectivity index (χ0n) is 14.4. The molecule has 0 spiro atoms. The van der Waals surface area contributed by atoms with Crippen LogP contribution in [-0.4, -0.2) is 12.1 Å². The molecule has 0 aliphatic heterocycles. The van der Waals surface area contributed by atoms with Gasteiger partial charge in [0.15, 0.2) is 5.92 Å². The second-order valence-corrected chi connectivity index (χ2v) is 6.98. The molecule has 0 saturated heterocycles. The molecule has 25 heavy (non-hydrogen) atoms. The maximum Gasteiger partial charge on any atom is 0.406 e. The van der Waals surface area contributed by atoms with Gasteiger partial charge in [0.2, 0.25) is 0 Å². The molecule has 2 aromatic carbocycles. The number of alkyl halides is 3. The van der Waals surface area contributed by atoms with E-state index in [1.807, 2.05) is 20.8 Å². The number of esters is 1. The summed E-state index contributed by atoms with van der Waals surface area (Å²) in [5.41, 5.74) is -0.0119. The minimum absolute atomic E-state index is 0.124. The van der Waals surface area contributed by atoms with Gasteiger partial charge in [0.1, 0.15) is 6.10 Å². The van der Waals surface area contributed by atoms with Crippen molar-refractivity contribution in [3.63, 3.8) is 0 Å². The number of ether oxygens (including phenoxy) is 1. The van der Waals surface area contributed by atoms with Crippen molar-refractivity contribution in [3.8, 4) is 0 Å². The van der Waals surface area contributed by atoms with Crippen molar-refractivity contribution in [1.82, 2.24) is 0 Å². The van der Waals surface area contributed by atoms with E-state index in [-0.39, 0.29) is 5.56 Å². The average molecular weight is 350 g/mol. The molecule has 0 heterocycles. The van der Waals surface area contributed by atoms with Gasteiger partial charge in [0.25, 0.3) is 0 Å². The van der Waals surface area contributed by atoms with Crippen LogP contribution >= 0.6 is 0 Å². The summed E-state index contributed by atoms with van der Waals surface area (Å²) in [6, 6.07) is 15.9. The van der Waals surface area contributed by atoms with Gasteiger partial charge >= 0.3 is 12.1 Å². The maximum atomic E-state index is 13.5. The molecule has 2 aromatic rings. The normalized spacial score (nSPS) is 14.6. The topological polar surface area (TPSA) is 26.3 Å². The molecule has 2 atom stereocenters. The van der Waals surface area contributed by atoms with E-state index in [0.29, 0.717) is 5.56 Å². The smallest absolute Gasteiger partial charge is 0.406 e. The van der Waals surface area contributed by atoms with Gasteiger partial charge in [0, 0.05) is 5.41 Å². The lowest BCUT2D eigenvalue weighted by atomic mass is 9.84. The summed E-state index contributed by atoms with van der Waals surface area (Å²) in [5.74, 6) is -3.59. The predicted octanol–water partition coefficient (Wildman–Crippen LogP) is 5.66. The third kappa shape index (κ3) is 4.84. The SMILES string of the molecule is CC(C)(C)C(OC(=O)C(c1ccccc1)C(F)(F)F)c1ccccc1. The van der Waals surface area contributed by atoms with E-state index in [2.05, 4.69) is 0 Å². The van der Waals surface area contributed by atoms with Gasteiger partial charge in [-0.1, -0.05) is 81.4 Å². The Morgan fingerprint density at radius 2 is 1.28 bits per heavy atom. The molecule has 0 aliphatic rings. The zero-order valence-corrected chi connectivity index (χ0v) is 14.4. The van der Waals surface area contributed by atoms with Crippen LogP contribution in [0.15, 0.2) is 60.7 Å². The first-order chi connectivity index (χ1) is 11.6. The van der Waals surface area contributed by atoms with E-state index in [0.717, 1.165) is 0 Å². The Balaban J connectivity index is 2.35. The summed E-state index contributed by atoms with van der Waals surface area (Å²) in [6.07, 6.45) is -5.51. The molecule has 5 heteroatoms. The third-order valence-corrected chi connectivity index (χ3v) is 3.82. The van der Waals surface area contributed by atoms with Crippen molar-refractivity contribution in [1.29, 1.82) is 0 Å². The number of halogens is 3. The zero-order chi connectivity index (χ0) is 18.7. The van der Waals surface area contributed by atoms with Gasteiger partial charge in [-0.05, 0) is 11.1 Å². The summed E-state index contributed by atoms with van der Waals surface area (Å²) in [4.78, 5) is 12.5. The fourth-order valence-electron chi connectivity index (χ4n) is 2.66. The summed E-state index contributed by atoms with van der Waals surface area (Å²) in [7, 11) is 0. The monoisotopic (exact) mass is 350 g/mol. The van der Waals surface area contributed by atoms with Gasteiger partial charge in [-0.25, -0.2) is 0 Å². The lowest BCUT2D eigenvalue weighted by Crippen LogP contribution is -2.33. The van der Waals surface area contributed by atoms with Crippen LogP contribution in [0.1, 0.15) is 43.9 Å². The molecule has 134 valence electrons. The first-order valence-electron chi connectivity index (χ1n) is 7.98. The van der Waals surface area contributed by atoms with Crippen molar-refractivity contribution in [3.05, 3.63) is 71.8 Å². The second kappa shape index (κ2) is 7.30. The highest BCUT2D eigenvalue weighted by Gasteiger charge is 2.48. The molecule has 0 bridgehead atoms. The highest BCUT2D eigenvalue weighted by atomic mass is 19.4. The molecule has 2 rings (SSSR count). The van der Waals surface area contributed by atoms with E-state index in [1.165, 1.54) is 24.3 Å². The predicted molar refractivity (Wildman–Crippen MR) is 90.0 cm³/mol. The fourth-order valence-corrected chi connectivity index (χ4v) is 2.66. The molecule has 0 saturated carbocycles. The molecular formula is C20H21F3O2. The number of carbonyl (C=O) groups is 1. The van der Waals surface area contributed by atoms with Gasteiger partial charge in [-0.2, -0.15) is 13.2 Å². The quantitative estimate of drug-likeness (QED) is 0.665. The lowest BCUT2D eigenvalue weighted by molar-refractivity contribution is -0.189. The van der Waals surface area contributed by atoms with E-state index in [4.69, 9.17) is 4.74 Å². The summed E-state index contributed by atoms with van der Waals surface area (Å²) < 4.78 is 45.9. The van der Waals surface area contributed by atoms with Crippen molar-refractivity contribution < 1.29 is 22.7 Å². The number of benzene rings is 2.